The van der Waals surface area contributed by atoms with E-state index in [0.29, 0.717) is 0 Å². The van der Waals surface area contributed by atoms with Crippen LogP contribution in [0, 0.1) is 0 Å². The van der Waals surface area contributed by atoms with Gasteiger partial charge in [0.15, 0.2) is 0 Å². The maximum Gasteiger partial charge on any atom is 0.435 e. The van der Waals surface area contributed by atoms with Crippen molar-refractivity contribution in [3.8, 4) is 0 Å². The predicted octanol–water partition coefficient (Wildman–Crippen LogP) is 5.00. The summed E-state index contributed by atoms with van der Waals surface area (Å²) < 4.78 is 91.5. The fourth-order valence-corrected chi connectivity index (χ4v) is 1.96. The second-order valence-corrected chi connectivity index (χ2v) is 5.63. The molecule has 1 rings (SSSR count). The first-order valence-electron chi connectivity index (χ1n) is 5.80. The highest BCUT2D eigenvalue weighted by atomic mass is 127. The lowest BCUT2D eigenvalue weighted by molar-refractivity contribution is -0.322. The van der Waals surface area contributed by atoms with E-state index < -0.39 is 40.3 Å². The van der Waals surface area contributed by atoms with E-state index in [4.69, 9.17) is 0 Å². The van der Waals surface area contributed by atoms with Gasteiger partial charge in [-0.25, -0.2) is 9.18 Å². The zero-order valence-corrected chi connectivity index (χ0v) is 13.2. The van der Waals surface area contributed by atoms with Gasteiger partial charge in [0.05, 0.1) is 5.56 Å². The van der Waals surface area contributed by atoms with Crippen LogP contribution in [0.4, 0.5) is 30.7 Å². The van der Waals surface area contributed by atoms with E-state index in [1.54, 1.807) is 6.07 Å². The van der Waals surface area contributed by atoms with Gasteiger partial charge in [-0.15, -0.1) is 0 Å². The smallest absolute Gasteiger partial charge is 0.435 e. The Balaban J connectivity index is 2.88. The molecule has 2 nitrogen and oxygen atoms in total. The summed E-state index contributed by atoms with van der Waals surface area (Å²) in [5.74, 6) is -0.961. The summed E-state index contributed by atoms with van der Waals surface area (Å²) in [6.45, 7) is -0.924. The number of hydrogen-bond donors (Lipinski definition) is 0. The Labute approximate surface area is 139 Å². The largest absolute Gasteiger partial charge is 0.457 e. The summed E-state index contributed by atoms with van der Waals surface area (Å²) in [6, 6.07) is 7.23. The summed E-state index contributed by atoms with van der Waals surface area (Å²) >= 11 is 1.04. The lowest BCUT2D eigenvalue weighted by Crippen LogP contribution is -2.51. The van der Waals surface area contributed by atoms with E-state index in [0.717, 1.165) is 22.6 Å². The van der Waals surface area contributed by atoms with Gasteiger partial charge in [0, 0.05) is 3.58 Å². The Kier molecular flexibility index (Phi) is 6.05. The molecule has 1 aromatic carbocycles. The van der Waals surface area contributed by atoms with Crippen molar-refractivity contribution < 1.29 is 40.3 Å². The third-order valence-corrected chi connectivity index (χ3v) is 3.15. The van der Waals surface area contributed by atoms with Crippen LogP contribution in [0.5, 0.6) is 0 Å². The SMILES string of the molecule is O=C(OC/C(I)=C/C(F)(C(F)(F)F)C(F)(F)F)c1ccccc1. The van der Waals surface area contributed by atoms with E-state index in [9.17, 15) is 35.5 Å². The quantitative estimate of drug-likeness (QED) is 0.363. The summed E-state index contributed by atoms with van der Waals surface area (Å²) in [4.78, 5) is 11.5. The first kappa shape index (κ1) is 19.7. The molecule has 0 aliphatic rings. The van der Waals surface area contributed by atoms with Gasteiger partial charge in [0.2, 0.25) is 0 Å². The number of rotatable bonds is 4. The zero-order chi connectivity index (χ0) is 17.9. The lowest BCUT2D eigenvalue weighted by atomic mass is 10.0. The number of hydrogen-bond acceptors (Lipinski definition) is 2. The molecule has 0 aliphatic heterocycles. The number of carbonyl (C=O) groups excluding carboxylic acids is 1. The minimum atomic E-state index is -6.19. The van der Waals surface area contributed by atoms with Crippen LogP contribution in [0.15, 0.2) is 40.0 Å². The monoisotopic (exact) mass is 456 g/mol. The molecular weight excluding hydrogens is 448 g/mol. The van der Waals surface area contributed by atoms with Crippen molar-refractivity contribution in [1.82, 2.24) is 0 Å². The van der Waals surface area contributed by atoms with Crippen molar-refractivity contribution in [3.63, 3.8) is 0 Å². The van der Waals surface area contributed by atoms with Crippen LogP contribution < -0.4 is 0 Å². The van der Waals surface area contributed by atoms with Crippen molar-refractivity contribution in [3.05, 3.63) is 45.6 Å². The van der Waals surface area contributed by atoms with E-state index in [1.807, 2.05) is 0 Å². The number of benzene rings is 1. The maximum atomic E-state index is 13.4. The third kappa shape index (κ3) is 4.82. The molecule has 0 amide bonds. The Morgan fingerprint density at radius 1 is 1.00 bits per heavy atom. The van der Waals surface area contributed by atoms with Gasteiger partial charge in [0.1, 0.15) is 6.61 Å². The molecule has 128 valence electrons. The van der Waals surface area contributed by atoms with Crippen molar-refractivity contribution in [2.45, 2.75) is 18.0 Å². The fraction of sp³-hybridized carbons (Fsp3) is 0.308. The summed E-state index contributed by atoms with van der Waals surface area (Å²) in [6.07, 6.45) is -13.0. The standard InChI is InChI=1S/C13H8F7IO2/c14-11(12(15,16)17,13(18,19)20)6-9(21)7-23-10(22)8-4-2-1-3-5-8/h1-6H,7H2/b9-6-. The first-order chi connectivity index (χ1) is 10.4. The van der Waals surface area contributed by atoms with Crippen molar-refractivity contribution in [2.24, 2.45) is 0 Å². The molecule has 0 N–H and O–H groups in total. The molecule has 0 bridgehead atoms. The van der Waals surface area contributed by atoms with Crippen LogP contribution in [0.2, 0.25) is 0 Å². The Bertz CT molecular complexity index is 564. The average molecular weight is 456 g/mol. The van der Waals surface area contributed by atoms with E-state index in [-0.39, 0.29) is 5.56 Å². The molecule has 0 saturated heterocycles. The summed E-state index contributed by atoms with van der Waals surface area (Å²) in [7, 11) is 0. The van der Waals surface area contributed by atoms with Crippen molar-refractivity contribution in [1.29, 1.82) is 0 Å². The van der Waals surface area contributed by atoms with Crippen LogP contribution in [-0.2, 0) is 4.74 Å². The van der Waals surface area contributed by atoms with Gasteiger partial charge in [-0.2, -0.15) is 26.3 Å². The molecule has 0 aromatic heterocycles. The molecule has 0 saturated carbocycles. The lowest BCUT2D eigenvalue weighted by Gasteiger charge is -2.27. The predicted molar refractivity (Wildman–Crippen MR) is 74.8 cm³/mol. The van der Waals surface area contributed by atoms with Crippen LogP contribution in [0.3, 0.4) is 0 Å². The Morgan fingerprint density at radius 2 is 1.48 bits per heavy atom. The van der Waals surface area contributed by atoms with Gasteiger partial charge < -0.3 is 4.74 Å². The summed E-state index contributed by atoms with van der Waals surface area (Å²) in [5, 5.41) is 0. The molecule has 1 aromatic rings. The van der Waals surface area contributed by atoms with Crippen LogP contribution in [0.1, 0.15) is 10.4 Å². The second kappa shape index (κ2) is 7.05. The molecule has 10 heteroatoms. The number of carbonyl (C=O) groups is 1. The Hall–Kier alpha value is -1.33. The summed E-state index contributed by atoms with van der Waals surface area (Å²) in [5.41, 5.74) is -5.47. The number of halogens is 8. The molecule has 0 atom stereocenters. The normalized spacial score (nSPS) is 13.8. The third-order valence-electron chi connectivity index (χ3n) is 2.53. The molecule has 23 heavy (non-hydrogen) atoms. The van der Waals surface area contributed by atoms with Crippen molar-refractivity contribution >= 4 is 28.6 Å². The highest BCUT2D eigenvalue weighted by Crippen LogP contribution is 2.48. The maximum absolute atomic E-state index is 13.4. The fourth-order valence-electron chi connectivity index (χ4n) is 1.37. The molecular formula is C13H8F7IO2. The van der Waals surface area contributed by atoms with Crippen molar-refractivity contribution in [2.75, 3.05) is 6.61 Å². The highest BCUT2D eigenvalue weighted by molar-refractivity contribution is 14.1. The number of allylic oxidation sites excluding steroid dienone is 1. The Morgan fingerprint density at radius 3 is 1.91 bits per heavy atom. The van der Waals surface area contributed by atoms with Crippen LogP contribution in [-0.4, -0.2) is 30.6 Å². The zero-order valence-electron chi connectivity index (χ0n) is 11.0. The first-order valence-corrected chi connectivity index (χ1v) is 6.88. The van der Waals surface area contributed by atoms with Gasteiger partial charge in [-0.05, 0) is 40.8 Å². The molecule has 0 radical (unpaired) electrons. The number of esters is 1. The molecule has 0 aliphatic carbocycles. The van der Waals surface area contributed by atoms with Crippen LogP contribution >= 0.6 is 22.6 Å². The van der Waals surface area contributed by atoms with Gasteiger partial charge in [0.25, 0.3) is 0 Å². The average Bonchev–Trinajstić information content (AvgIpc) is 2.43. The van der Waals surface area contributed by atoms with Gasteiger partial charge >= 0.3 is 24.0 Å². The number of ether oxygens (including phenoxy) is 1. The molecule has 0 spiro atoms. The molecule has 0 heterocycles. The number of alkyl halides is 7. The minimum absolute atomic E-state index is 0.0508. The molecule has 0 fully saturated rings. The molecule has 0 unspecified atom stereocenters. The van der Waals surface area contributed by atoms with Gasteiger partial charge in [-0.1, -0.05) is 18.2 Å². The minimum Gasteiger partial charge on any atom is -0.457 e. The van der Waals surface area contributed by atoms with Gasteiger partial charge in [-0.3, -0.25) is 0 Å². The van der Waals surface area contributed by atoms with E-state index >= 15 is 0 Å². The topological polar surface area (TPSA) is 26.3 Å². The highest BCUT2D eigenvalue weighted by Gasteiger charge is 2.71. The van der Waals surface area contributed by atoms with E-state index in [1.165, 1.54) is 24.3 Å². The second-order valence-electron chi connectivity index (χ2n) is 4.24. The van der Waals surface area contributed by atoms with Crippen LogP contribution in [0.25, 0.3) is 0 Å². The van der Waals surface area contributed by atoms with E-state index in [2.05, 4.69) is 4.74 Å².